The van der Waals surface area contributed by atoms with Gasteiger partial charge in [0.05, 0.1) is 29.2 Å². The number of nitrogens with zero attached hydrogens (tertiary/aromatic N) is 1. The topological polar surface area (TPSA) is 120 Å². The van der Waals surface area contributed by atoms with Gasteiger partial charge in [-0.1, -0.05) is 11.2 Å². The Hall–Kier alpha value is -2.58. The van der Waals surface area contributed by atoms with Crippen molar-refractivity contribution in [3.05, 3.63) is 29.7 Å². The Labute approximate surface area is 169 Å². The Morgan fingerprint density at radius 3 is 2.69 bits per heavy atom. The monoisotopic (exact) mass is 400 g/mol. The van der Waals surface area contributed by atoms with Crippen molar-refractivity contribution in [1.82, 2.24) is 10.5 Å². The summed E-state index contributed by atoms with van der Waals surface area (Å²) in [5.74, 6) is 0.690. The van der Waals surface area contributed by atoms with Gasteiger partial charge in [-0.05, 0) is 57.2 Å². The average Bonchev–Trinajstić information content (AvgIpc) is 3.38. The standard InChI is InChI=1S/C21H28N4O4/c1-11-20(12(2)29-25-11)13-3-6-16(22-14-4-5-15(26)10-14)18(9-13)24-21(28)17-7-8-19(27)23-17/h3,6,9,14-15,17,21-22,24,26,28H,4-5,7-8,10H2,1-2H3,(H,23,27)/t14-,15-,17+,21?/m1/s1. The van der Waals surface area contributed by atoms with Crippen LogP contribution in [0, 0.1) is 13.8 Å². The molecule has 1 unspecified atom stereocenters. The maximum Gasteiger partial charge on any atom is 0.220 e. The van der Waals surface area contributed by atoms with Crippen molar-refractivity contribution >= 4 is 17.3 Å². The van der Waals surface area contributed by atoms with Gasteiger partial charge in [0, 0.05) is 18.0 Å². The lowest BCUT2D eigenvalue weighted by atomic mass is 10.0. The highest BCUT2D eigenvalue weighted by atomic mass is 16.5. The molecule has 1 amide bonds. The van der Waals surface area contributed by atoms with Crippen molar-refractivity contribution in [2.75, 3.05) is 10.6 Å². The molecule has 1 saturated heterocycles. The minimum Gasteiger partial charge on any atom is -0.393 e. The number of hydrogen-bond acceptors (Lipinski definition) is 7. The summed E-state index contributed by atoms with van der Waals surface area (Å²) >= 11 is 0. The number of carbonyl (C=O) groups excluding carboxylic acids is 1. The second-order valence-electron chi connectivity index (χ2n) is 8.07. The molecule has 1 saturated carbocycles. The first-order valence-electron chi connectivity index (χ1n) is 10.2. The molecule has 4 atom stereocenters. The largest absolute Gasteiger partial charge is 0.393 e. The van der Waals surface area contributed by atoms with Crippen LogP contribution in [0.15, 0.2) is 22.7 Å². The van der Waals surface area contributed by atoms with Crippen LogP contribution in [-0.4, -0.2) is 45.7 Å². The number of anilines is 2. The zero-order valence-corrected chi connectivity index (χ0v) is 16.7. The number of amides is 1. The van der Waals surface area contributed by atoms with E-state index < -0.39 is 6.23 Å². The molecule has 1 aromatic heterocycles. The fourth-order valence-electron chi connectivity index (χ4n) is 4.28. The molecule has 0 bridgehead atoms. The number of aliphatic hydroxyl groups is 2. The number of aromatic nitrogens is 1. The Morgan fingerprint density at radius 2 is 2.07 bits per heavy atom. The number of nitrogens with one attached hydrogen (secondary N) is 3. The fourth-order valence-corrected chi connectivity index (χ4v) is 4.28. The van der Waals surface area contributed by atoms with Gasteiger partial charge in [-0.15, -0.1) is 0 Å². The lowest BCUT2D eigenvalue weighted by Gasteiger charge is -2.24. The molecule has 2 aliphatic rings. The first-order valence-corrected chi connectivity index (χ1v) is 10.2. The molecule has 8 heteroatoms. The molecule has 2 heterocycles. The maximum absolute atomic E-state index is 11.5. The summed E-state index contributed by atoms with van der Waals surface area (Å²) in [5, 5.41) is 34.0. The van der Waals surface area contributed by atoms with E-state index >= 15 is 0 Å². The van der Waals surface area contributed by atoms with E-state index in [4.69, 9.17) is 4.52 Å². The second kappa shape index (κ2) is 8.04. The highest BCUT2D eigenvalue weighted by Crippen LogP contribution is 2.35. The summed E-state index contributed by atoms with van der Waals surface area (Å²) in [6, 6.07) is 5.77. The summed E-state index contributed by atoms with van der Waals surface area (Å²) in [6.45, 7) is 3.77. The number of aliphatic hydroxyl groups excluding tert-OH is 2. The van der Waals surface area contributed by atoms with Crippen LogP contribution in [0.1, 0.15) is 43.6 Å². The zero-order chi connectivity index (χ0) is 20.5. The van der Waals surface area contributed by atoms with Gasteiger partial charge in [0.25, 0.3) is 0 Å². The van der Waals surface area contributed by atoms with Crippen LogP contribution in [-0.2, 0) is 4.79 Å². The normalized spacial score (nSPS) is 25.1. The third-order valence-corrected chi connectivity index (χ3v) is 5.82. The van der Waals surface area contributed by atoms with Crippen LogP contribution >= 0.6 is 0 Å². The first kappa shape index (κ1) is 19.7. The highest BCUT2D eigenvalue weighted by molar-refractivity contribution is 5.80. The quantitative estimate of drug-likeness (QED) is 0.472. The van der Waals surface area contributed by atoms with Gasteiger partial charge in [0.15, 0.2) is 0 Å². The average molecular weight is 400 g/mol. The van der Waals surface area contributed by atoms with Crippen molar-refractivity contribution in [3.63, 3.8) is 0 Å². The molecule has 1 aliphatic heterocycles. The van der Waals surface area contributed by atoms with Gasteiger partial charge in [-0.25, -0.2) is 0 Å². The van der Waals surface area contributed by atoms with Crippen LogP contribution in [0.4, 0.5) is 11.4 Å². The zero-order valence-electron chi connectivity index (χ0n) is 16.7. The third-order valence-electron chi connectivity index (χ3n) is 5.82. The van der Waals surface area contributed by atoms with Crippen molar-refractivity contribution in [1.29, 1.82) is 0 Å². The van der Waals surface area contributed by atoms with Gasteiger partial charge in [-0.3, -0.25) is 4.79 Å². The molecule has 0 radical (unpaired) electrons. The predicted molar refractivity (Wildman–Crippen MR) is 109 cm³/mol. The smallest absolute Gasteiger partial charge is 0.220 e. The van der Waals surface area contributed by atoms with Crippen molar-refractivity contribution < 1.29 is 19.5 Å². The minimum atomic E-state index is -0.906. The Bertz CT molecular complexity index is 877. The summed E-state index contributed by atoms with van der Waals surface area (Å²) in [4.78, 5) is 11.5. The van der Waals surface area contributed by atoms with Gasteiger partial charge in [0.2, 0.25) is 5.91 Å². The summed E-state index contributed by atoms with van der Waals surface area (Å²) < 4.78 is 5.30. The molecule has 29 heavy (non-hydrogen) atoms. The number of carbonyl (C=O) groups is 1. The Kier molecular flexibility index (Phi) is 5.47. The lowest BCUT2D eigenvalue weighted by molar-refractivity contribution is -0.119. The van der Waals surface area contributed by atoms with Crippen molar-refractivity contribution in [2.24, 2.45) is 0 Å². The third kappa shape index (κ3) is 4.23. The van der Waals surface area contributed by atoms with E-state index in [0.29, 0.717) is 19.3 Å². The van der Waals surface area contributed by atoms with Crippen molar-refractivity contribution in [3.8, 4) is 11.1 Å². The van der Waals surface area contributed by atoms with Gasteiger partial charge in [0.1, 0.15) is 12.0 Å². The lowest BCUT2D eigenvalue weighted by Crippen LogP contribution is -2.41. The van der Waals surface area contributed by atoms with E-state index in [1.165, 1.54) is 0 Å². The predicted octanol–water partition coefficient (Wildman–Crippen LogP) is 2.29. The molecule has 5 N–H and O–H groups in total. The van der Waals surface area contributed by atoms with Crippen LogP contribution < -0.4 is 16.0 Å². The maximum atomic E-state index is 11.5. The van der Waals surface area contributed by atoms with Crippen LogP contribution in [0.25, 0.3) is 11.1 Å². The number of benzene rings is 1. The molecular formula is C21H28N4O4. The highest BCUT2D eigenvalue weighted by Gasteiger charge is 2.29. The number of hydrogen-bond donors (Lipinski definition) is 5. The number of rotatable bonds is 6. The summed E-state index contributed by atoms with van der Waals surface area (Å²) in [7, 11) is 0. The van der Waals surface area contributed by atoms with E-state index in [1.807, 2.05) is 32.0 Å². The molecule has 1 aromatic carbocycles. The van der Waals surface area contributed by atoms with E-state index in [1.54, 1.807) is 0 Å². The van der Waals surface area contributed by atoms with Gasteiger partial charge < -0.3 is 30.7 Å². The van der Waals surface area contributed by atoms with E-state index in [0.717, 1.165) is 46.8 Å². The van der Waals surface area contributed by atoms with Crippen LogP contribution in [0.5, 0.6) is 0 Å². The Morgan fingerprint density at radius 1 is 1.24 bits per heavy atom. The molecule has 2 aromatic rings. The molecule has 2 fully saturated rings. The molecule has 4 rings (SSSR count). The molecule has 0 spiro atoms. The minimum absolute atomic E-state index is 0.0430. The molecule has 8 nitrogen and oxygen atoms in total. The van der Waals surface area contributed by atoms with E-state index in [-0.39, 0.29) is 24.1 Å². The summed E-state index contributed by atoms with van der Waals surface area (Å²) in [5.41, 5.74) is 4.25. The SMILES string of the molecule is Cc1noc(C)c1-c1ccc(N[C@@H]2CC[C@@H](O)C2)c(NC(O)[C@@H]2CCC(=O)N2)c1. The van der Waals surface area contributed by atoms with E-state index in [2.05, 4.69) is 21.1 Å². The van der Waals surface area contributed by atoms with Crippen molar-refractivity contribution in [2.45, 2.75) is 70.4 Å². The van der Waals surface area contributed by atoms with Gasteiger partial charge >= 0.3 is 0 Å². The molecular weight excluding hydrogens is 372 g/mol. The molecule has 156 valence electrons. The van der Waals surface area contributed by atoms with E-state index in [9.17, 15) is 15.0 Å². The number of aryl methyl sites for hydroxylation is 2. The fraction of sp³-hybridized carbons (Fsp3) is 0.524. The second-order valence-corrected chi connectivity index (χ2v) is 8.07. The Balaban J connectivity index is 1.62. The van der Waals surface area contributed by atoms with Crippen LogP contribution in [0.2, 0.25) is 0 Å². The molecule has 1 aliphatic carbocycles. The van der Waals surface area contributed by atoms with Crippen LogP contribution in [0.3, 0.4) is 0 Å². The first-order chi connectivity index (χ1) is 13.9. The van der Waals surface area contributed by atoms with Gasteiger partial charge in [-0.2, -0.15) is 0 Å². The summed E-state index contributed by atoms with van der Waals surface area (Å²) in [6.07, 6.45) is 2.22.